The predicted molar refractivity (Wildman–Crippen MR) is 114 cm³/mol. The summed E-state index contributed by atoms with van der Waals surface area (Å²) in [5.41, 5.74) is 0. The van der Waals surface area contributed by atoms with Gasteiger partial charge in [0.05, 0.1) is 0 Å². The van der Waals surface area contributed by atoms with Gasteiger partial charge in [0.2, 0.25) is 0 Å². The molecule has 0 unspecified atom stereocenters. The molecule has 27 heavy (non-hydrogen) atoms. The van der Waals surface area contributed by atoms with E-state index in [0.29, 0.717) is 0 Å². The van der Waals surface area contributed by atoms with Crippen LogP contribution in [0.15, 0.2) is 60.7 Å². The van der Waals surface area contributed by atoms with Crippen molar-refractivity contribution in [2.24, 2.45) is 0 Å². The first-order valence-corrected chi connectivity index (χ1v) is 17.0. The van der Waals surface area contributed by atoms with E-state index in [0.717, 1.165) is 0 Å². The fourth-order valence-corrected chi connectivity index (χ4v) is 29.3. The second-order valence-corrected chi connectivity index (χ2v) is 25.3. The van der Waals surface area contributed by atoms with Crippen molar-refractivity contribution in [2.75, 3.05) is 0 Å². The third-order valence-electron chi connectivity index (χ3n) is 6.08. The molecular weight excluding hydrogens is 400 g/mol. The van der Waals surface area contributed by atoms with Gasteiger partial charge in [0.15, 0.2) is 0 Å². The monoisotopic (exact) mass is 438 g/mol. The molecule has 0 saturated carbocycles. The SMILES string of the molecule is C[CH2][Ti]([CH2]C)([O][Ti]([c]1ccccc1)([C](C)(C)C)[C](C)(C)C)[c]1ccccc1. The van der Waals surface area contributed by atoms with Crippen LogP contribution in [0.3, 0.4) is 0 Å². The van der Waals surface area contributed by atoms with Crippen LogP contribution < -0.4 is 7.74 Å². The van der Waals surface area contributed by atoms with Gasteiger partial charge in [0.1, 0.15) is 0 Å². The molecule has 0 aliphatic heterocycles. The Morgan fingerprint density at radius 3 is 1.33 bits per heavy atom. The van der Waals surface area contributed by atoms with Crippen molar-refractivity contribution in [1.82, 2.24) is 0 Å². The van der Waals surface area contributed by atoms with Gasteiger partial charge in [-0.1, -0.05) is 0 Å². The van der Waals surface area contributed by atoms with E-state index in [9.17, 15) is 0 Å². The first kappa shape index (κ1) is 23.1. The topological polar surface area (TPSA) is 9.23 Å². The molecule has 0 fully saturated rings. The molecule has 0 amide bonds. The summed E-state index contributed by atoms with van der Waals surface area (Å²) in [7, 11) is 0. The molecule has 0 aliphatic carbocycles. The summed E-state index contributed by atoms with van der Waals surface area (Å²) >= 11 is -5.77. The summed E-state index contributed by atoms with van der Waals surface area (Å²) in [6.45, 7) is 19.3. The van der Waals surface area contributed by atoms with Crippen molar-refractivity contribution in [2.45, 2.75) is 72.3 Å². The van der Waals surface area contributed by atoms with Gasteiger partial charge >= 0.3 is 177 Å². The molecule has 0 heterocycles. The van der Waals surface area contributed by atoms with Gasteiger partial charge < -0.3 is 0 Å². The molecule has 0 bridgehead atoms. The minimum absolute atomic E-state index is 0.148. The molecule has 3 heteroatoms. The van der Waals surface area contributed by atoms with Crippen LogP contribution in [0.5, 0.6) is 0 Å². The van der Waals surface area contributed by atoms with Crippen molar-refractivity contribution in [3.05, 3.63) is 60.7 Å². The van der Waals surface area contributed by atoms with Crippen LogP contribution in [0.1, 0.15) is 55.4 Å². The standard InChI is InChI=1S/2C6H5.2C4H9.2C2H5.O.2Ti/c2*1-2-4-6-5-3-1;2*1-4(2)3;2*1-2;;;/h2*1-5H;2*1-3H3;2*1H2,2H3;;;. The first-order valence-electron chi connectivity index (χ1n) is 10.4. The Labute approximate surface area is 175 Å². The van der Waals surface area contributed by atoms with Crippen molar-refractivity contribution in [3.63, 3.8) is 0 Å². The van der Waals surface area contributed by atoms with Gasteiger partial charge in [-0.3, -0.25) is 0 Å². The number of hydrogen-bond donors (Lipinski definition) is 0. The Kier molecular flexibility index (Phi) is 7.43. The Morgan fingerprint density at radius 2 is 1.00 bits per heavy atom. The molecule has 0 saturated heterocycles. The number of rotatable bonds is 6. The van der Waals surface area contributed by atoms with Crippen LogP contribution >= 0.6 is 0 Å². The van der Waals surface area contributed by atoms with Gasteiger partial charge in [0, 0.05) is 0 Å². The summed E-state index contributed by atoms with van der Waals surface area (Å²) in [6.07, 6.45) is 0. The summed E-state index contributed by atoms with van der Waals surface area (Å²) in [5.74, 6) is 0. The van der Waals surface area contributed by atoms with Gasteiger partial charge in [-0.2, -0.15) is 0 Å². The molecule has 0 N–H and O–H groups in total. The Morgan fingerprint density at radius 1 is 0.630 bits per heavy atom. The molecule has 2 aromatic carbocycles. The van der Waals surface area contributed by atoms with Crippen LogP contribution in [0.2, 0.25) is 16.9 Å². The minimum atomic E-state index is -3.05. The van der Waals surface area contributed by atoms with Crippen LogP contribution in [0.4, 0.5) is 0 Å². The molecule has 0 atom stereocenters. The average molecular weight is 438 g/mol. The fraction of sp³-hybridized carbons (Fsp3) is 0.500. The Balaban J connectivity index is 2.77. The van der Waals surface area contributed by atoms with E-state index in [4.69, 9.17) is 1.90 Å². The quantitative estimate of drug-likeness (QED) is 0.437. The van der Waals surface area contributed by atoms with E-state index in [1.54, 1.807) is 0 Å². The van der Waals surface area contributed by atoms with Crippen molar-refractivity contribution in [1.29, 1.82) is 0 Å². The second-order valence-electron chi connectivity index (χ2n) is 9.72. The molecule has 2 rings (SSSR count). The number of hydrogen-bond acceptors (Lipinski definition) is 1. The van der Waals surface area contributed by atoms with Crippen molar-refractivity contribution < 1.29 is 35.9 Å². The van der Waals surface area contributed by atoms with Crippen molar-refractivity contribution in [3.8, 4) is 0 Å². The van der Waals surface area contributed by atoms with E-state index in [1.807, 2.05) is 0 Å². The zero-order valence-electron chi connectivity index (χ0n) is 18.6. The fourth-order valence-electron chi connectivity index (χ4n) is 4.93. The van der Waals surface area contributed by atoms with Crippen LogP contribution in [-0.4, -0.2) is 0 Å². The summed E-state index contributed by atoms with van der Waals surface area (Å²) in [6, 6.07) is 22.4. The Bertz CT molecular complexity index is 694. The van der Waals surface area contributed by atoms with Gasteiger partial charge in [-0.25, -0.2) is 0 Å². The molecule has 2 aromatic rings. The van der Waals surface area contributed by atoms with E-state index in [2.05, 4.69) is 116 Å². The normalized spacial score (nSPS) is 13.6. The second kappa shape index (κ2) is 8.68. The summed E-state index contributed by atoms with van der Waals surface area (Å²) in [5, 5.41) is 0. The van der Waals surface area contributed by atoms with Gasteiger partial charge in [-0.15, -0.1) is 0 Å². The third-order valence-corrected chi connectivity index (χ3v) is 25.8. The third kappa shape index (κ3) is 4.39. The Hall–Kier alpha value is -0.171. The van der Waals surface area contributed by atoms with E-state index in [1.165, 1.54) is 17.2 Å². The zero-order chi connectivity index (χ0) is 20.3. The number of benzene rings is 2. The summed E-state index contributed by atoms with van der Waals surface area (Å²) in [4.78, 5) is 0. The van der Waals surface area contributed by atoms with Gasteiger partial charge in [0.25, 0.3) is 0 Å². The average Bonchev–Trinajstić information content (AvgIpc) is 2.63. The molecule has 148 valence electrons. The van der Waals surface area contributed by atoms with Crippen LogP contribution in [0, 0.1) is 0 Å². The van der Waals surface area contributed by atoms with Crippen LogP contribution in [-0.2, 0) is 35.9 Å². The van der Waals surface area contributed by atoms with E-state index in [-0.39, 0.29) is 7.44 Å². The molecular formula is C24H38OTi2. The van der Waals surface area contributed by atoms with E-state index >= 15 is 0 Å². The molecule has 1 nitrogen and oxygen atoms in total. The predicted octanol–water partition coefficient (Wildman–Crippen LogP) is 7.11. The molecule has 0 radical (unpaired) electrons. The van der Waals surface area contributed by atoms with E-state index < -0.39 is 34.0 Å². The molecule has 0 spiro atoms. The zero-order valence-corrected chi connectivity index (χ0v) is 21.7. The van der Waals surface area contributed by atoms with Crippen molar-refractivity contribution >= 4 is 7.74 Å². The molecule has 0 aromatic heterocycles. The molecule has 0 aliphatic rings. The maximum atomic E-state index is 7.80. The summed E-state index contributed by atoms with van der Waals surface area (Å²) < 4.78 is 13.4. The van der Waals surface area contributed by atoms with Crippen LogP contribution in [0.25, 0.3) is 0 Å². The van der Waals surface area contributed by atoms with Gasteiger partial charge in [-0.05, 0) is 0 Å². The maximum absolute atomic E-state index is 7.80. The first-order chi connectivity index (χ1) is 12.5.